The maximum atomic E-state index is 11.9. The number of hydrogen-bond donors (Lipinski definition) is 2. The van der Waals surface area contributed by atoms with Crippen molar-refractivity contribution < 1.29 is 19.4 Å². The molecular weight excluding hydrogens is 228 g/mol. The van der Waals surface area contributed by atoms with Crippen molar-refractivity contribution in [1.82, 2.24) is 5.16 Å². The third kappa shape index (κ3) is 1.11. The quantitative estimate of drug-likeness (QED) is 0.418. The van der Waals surface area contributed by atoms with Gasteiger partial charge in [0, 0.05) is 24.9 Å². The molecule has 2 atom stereocenters. The summed E-state index contributed by atoms with van der Waals surface area (Å²) in [6, 6.07) is 0. The van der Waals surface area contributed by atoms with Gasteiger partial charge in [-0.05, 0) is 4.90 Å². The standard InChI is InChI=1S/C9H12N4O4/c1-8(10)4-9(14)6(12(8)15)3-2-5-7(9)11-17-13(5)16/h14H,2-4,10H2,1H3/t8-,9-/m0/s1. The van der Waals surface area contributed by atoms with E-state index in [4.69, 9.17) is 5.73 Å². The van der Waals surface area contributed by atoms with E-state index in [1.807, 2.05) is 0 Å². The van der Waals surface area contributed by atoms with Gasteiger partial charge in [0.15, 0.2) is 0 Å². The van der Waals surface area contributed by atoms with Crippen LogP contribution < -0.4 is 10.6 Å². The zero-order valence-corrected chi connectivity index (χ0v) is 9.21. The fourth-order valence-corrected chi connectivity index (χ4v) is 2.72. The lowest BCUT2D eigenvalue weighted by Crippen LogP contribution is -2.44. The second-order valence-corrected chi connectivity index (χ2v) is 4.86. The van der Waals surface area contributed by atoms with Crippen LogP contribution in [0.1, 0.15) is 31.2 Å². The van der Waals surface area contributed by atoms with Gasteiger partial charge in [0.05, 0.1) is 6.42 Å². The minimum atomic E-state index is -1.57. The first-order chi connectivity index (χ1) is 7.86. The van der Waals surface area contributed by atoms with E-state index in [0.717, 1.165) is 0 Å². The Hall–Kier alpha value is -1.67. The maximum absolute atomic E-state index is 11.9. The van der Waals surface area contributed by atoms with Gasteiger partial charge in [0.25, 0.3) is 5.69 Å². The molecule has 0 radical (unpaired) electrons. The summed E-state index contributed by atoms with van der Waals surface area (Å²) in [4.78, 5) is 0.269. The summed E-state index contributed by atoms with van der Waals surface area (Å²) in [6.45, 7) is 1.54. The Morgan fingerprint density at radius 2 is 2.18 bits per heavy atom. The average Bonchev–Trinajstić information content (AvgIpc) is 2.67. The highest BCUT2D eigenvalue weighted by Crippen LogP contribution is 2.41. The van der Waals surface area contributed by atoms with Crippen LogP contribution in [0.4, 0.5) is 0 Å². The summed E-state index contributed by atoms with van der Waals surface area (Å²) >= 11 is 0. The van der Waals surface area contributed by atoms with Crippen molar-refractivity contribution in [3.05, 3.63) is 21.8 Å². The van der Waals surface area contributed by atoms with Gasteiger partial charge in [-0.2, -0.15) is 4.74 Å². The van der Waals surface area contributed by atoms with Crippen molar-refractivity contribution in [2.24, 2.45) is 5.73 Å². The summed E-state index contributed by atoms with van der Waals surface area (Å²) in [5.41, 5.74) is 3.69. The SMILES string of the molecule is C[C@@]1(N)C[C@]2(O)C(=[N+]1[O-])CCc1c2no[n+]1[O-]. The molecule has 1 aromatic rings. The number of aliphatic hydroxyl groups is 1. The fourth-order valence-electron chi connectivity index (χ4n) is 2.72. The predicted molar refractivity (Wildman–Crippen MR) is 53.5 cm³/mol. The van der Waals surface area contributed by atoms with Crippen molar-refractivity contribution >= 4 is 5.71 Å². The normalized spacial score (nSPS) is 35.9. The summed E-state index contributed by atoms with van der Waals surface area (Å²) in [7, 11) is 0. The van der Waals surface area contributed by atoms with Crippen LogP contribution in [0.3, 0.4) is 0 Å². The molecule has 3 N–H and O–H groups in total. The molecule has 2 aliphatic rings. The third-order valence-corrected chi connectivity index (χ3v) is 3.49. The zero-order valence-electron chi connectivity index (χ0n) is 9.21. The zero-order chi connectivity index (χ0) is 12.4. The third-order valence-electron chi connectivity index (χ3n) is 3.49. The van der Waals surface area contributed by atoms with Gasteiger partial charge in [0.1, 0.15) is 0 Å². The molecule has 0 bridgehead atoms. The molecule has 0 saturated heterocycles. The molecule has 0 spiro atoms. The highest BCUT2D eigenvalue weighted by molar-refractivity contribution is 5.92. The minimum absolute atomic E-state index is 0.00162. The molecule has 0 unspecified atom stereocenters. The minimum Gasteiger partial charge on any atom is -0.622 e. The van der Waals surface area contributed by atoms with Crippen molar-refractivity contribution in [1.29, 1.82) is 0 Å². The van der Waals surface area contributed by atoms with E-state index in [1.54, 1.807) is 0 Å². The number of hydroxylamine groups is 1. The second kappa shape index (κ2) is 2.77. The maximum Gasteiger partial charge on any atom is 0.263 e. The van der Waals surface area contributed by atoms with Crippen molar-refractivity contribution in [2.45, 2.75) is 37.5 Å². The topological polar surface area (TPSA) is 125 Å². The Labute approximate surface area is 96.1 Å². The molecule has 17 heavy (non-hydrogen) atoms. The van der Waals surface area contributed by atoms with Crippen LogP contribution in [0.5, 0.6) is 0 Å². The molecule has 3 rings (SSSR count). The fraction of sp³-hybridized carbons (Fsp3) is 0.667. The Bertz CT molecular complexity index is 535. The van der Waals surface area contributed by atoms with Crippen LogP contribution in [-0.4, -0.2) is 26.4 Å². The summed E-state index contributed by atoms with van der Waals surface area (Å²) in [5.74, 6) is 0. The van der Waals surface area contributed by atoms with Crippen LogP contribution in [0.15, 0.2) is 4.63 Å². The predicted octanol–water partition coefficient (Wildman–Crippen LogP) is -1.53. The van der Waals surface area contributed by atoms with E-state index in [9.17, 15) is 15.5 Å². The van der Waals surface area contributed by atoms with E-state index in [2.05, 4.69) is 9.79 Å². The van der Waals surface area contributed by atoms with Gasteiger partial charge in [-0.3, -0.25) is 10.4 Å². The van der Waals surface area contributed by atoms with Crippen molar-refractivity contribution in [3.8, 4) is 0 Å². The lowest BCUT2D eigenvalue weighted by atomic mass is 9.81. The highest BCUT2D eigenvalue weighted by Gasteiger charge is 2.62. The first-order valence-electron chi connectivity index (χ1n) is 5.30. The lowest BCUT2D eigenvalue weighted by molar-refractivity contribution is -0.808. The Morgan fingerprint density at radius 3 is 2.88 bits per heavy atom. The Balaban J connectivity index is 2.22. The molecule has 0 aromatic carbocycles. The van der Waals surface area contributed by atoms with Crippen LogP contribution in [0.25, 0.3) is 0 Å². The van der Waals surface area contributed by atoms with Crippen molar-refractivity contribution in [3.63, 3.8) is 0 Å². The van der Waals surface area contributed by atoms with E-state index in [1.165, 1.54) is 6.92 Å². The molecule has 0 fully saturated rings. The number of hydrogen-bond acceptors (Lipinski definition) is 6. The van der Waals surface area contributed by atoms with Gasteiger partial charge >= 0.3 is 0 Å². The monoisotopic (exact) mass is 240 g/mol. The molecular formula is C9H12N4O4. The molecule has 0 saturated carbocycles. The van der Waals surface area contributed by atoms with Crippen LogP contribution in [0.2, 0.25) is 0 Å². The summed E-state index contributed by atoms with van der Waals surface area (Å²) in [5, 5.41) is 37.3. The number of fused-ring (bicyclic) bond motifs is 3. The van der Waals surface area contributed by atoms with Crippen LogP contribution in [-0.2, 0) is 12.0 Å². The number of nitrogens with zero attached hydrogens (tertiary/aromatic N) is 3. The summed E-state index contributed by atoms with van der Waals surface area (Å²) < 4.78 is 5.10. The van der Waals surface area contributed by atoms with Crippen LogP contribution >= 0.6 is 0 Å². The molecule has 1 aliphatic heterocycles. The van der Waals surface area contributed by atoms with E-state index in [0.29, 0.717) is 11.2 Å². The lowest BCUT2D eigenvalue weighted by Gasteiger charge is -2.20. The molecule has 1 aliphatic carbocycles. The number of rotatable bonds is 0. The van der Waals surface area contributed by atoms with Crippen LogP contribution in [0, 0.1) is 10.4 Å². The van der Waals surface area contributed by atoms with E-state index < -0.39 is 11.3 Å². The largest absolute Gasteiger partial charge is 0.622 e. The van der Waals surface area contributed by atoms with Gasteiger partial charge in [-0.25, -0.2) is 0 Å². The molecule has 0 amide bonds. The van der Waals surface area contributed by atoms with E-state index in [-0.39, 0.29) is 34.8 Å². The summed E-state index contributed by atoms with van der Waals surface area (Å²) in [6.07, 6.45) is 0.594. The Kier molecular flexibility index (Phi) is 1.71. The highest BCUT2D eigenvalue weighted by atomic mass is 16.8. The smallest absolute Gasteiger partial charge is 0.263 e. The van der Waals surface area contributed by atoms with Gasteiger partial charge in [-0.1, -0.05) is 0 Å². The molecule has 8 heteroatoms. The molecule has 8 nitrogen and oxygen atoms in total. The second-order valence-electron chi connectivity index (χ2n) is 4.86. The Morgan fingerprint density at radius 1 is 1.47 bits per heavy atom. The van der Waals surface area contributed by atoms with Gasteiger partial charge in [-0.15, -0.1) is 0 Å². The van der Waals surface area contributed by atoms with Gasteiger partial charge < -0.3 is 15.5 Å². The van der Waals surface area contributed by atoms with Gasteiger partial charge in [0.2, 0.25) is 22.7 Å². The van der Waals surface area contributed by atoms with E-state index >= 15 is 0 Å². The van der Waals surface area contributed by atoms with Crippen molar-refractivity contribution in [2.75, 3.05) is 0 Å². The first-order valence-corrected chi connectivity index (χ1v) is 5.30. The molecule has 2 heterocycles. The average molecular weight is 240 g/mol. The number of aromatic nitrogens is 2. The molecule has 92 valence electrons. The molecule has 1 aromatic heterocycles. The first kappa shape index (κ1) is 10.5. The number of nitrogens with two attached hydrogens (primary N) is 1.